The quantitative estimate of drug-likeness (QED) is 0.500. The number of hydrogen-bond acceptors (Lipinski definition) is 6. The topological polar surface area (TPSA) is 84.5 Å². The van der Waals surface area contributed by atoms with Gasteiger partial charge in [0.1, 0.15) is 0 Å². The van der Waals surface area contributed by atoms with Crippen LogP contribution in [-0.4, -0.2) is 30.9 Å². The van der Waals surface area contributed by atoms with Gasteiger partial charge >= 0.3 is 5.97 Å². The van der Waals surface area contributed by atoms with Gasteiger partial charge in [-0.2, -0.15) is 0 Å². The van der Waals surface area contributed by atoms with Crippen molar-refractivity contribution in [2.45, 2.75) is 37.6 Å². The molecule has 0 aliphatic carbocycles. The second-order valence-corrected chi connectivity index (χ2v) is 5.09. The first-order valence-corrected chi connectivity index (χ1v) is 7.87. The Labute approximate surface area is 134 Å². The molecule has 0 spiro atoms. The van der Waals surface area contributed by atoms with Gasteiger partial charge in [-0.25, -0.2) is 9.52 Å². The Hall–Kier alpha value is -1.86. The van der Waals surface area contributed by atoms with E-state index in [2.05, 4.69) is 10.0 Å². The number of nitrogens with one attached hydrogen (secondary N) is 2. The van der Waals surface area contributed by atoms with E-state index >= 15 is 0 Å². The SMILES string of the molecule is CC.COC(=O)c1ccccc1SNC1CCC(=O)NC1=O. The molecule has 1 fully saturated rings. The fourth-order valence-corrected chi connectivity index (χ4v) is 2.68. The molecule has 1 saturated heterocycles. The van der Waals surface area contributed by atoms with Crippen molar-refractivity contribution in [3.05, 3.63) is 29.8 Å². The first kappa shape index (κ1) is 18.2. The van der Waals surface area contributed by atoms with Gasteiger partial charge in [0, 0.05) is 11.3 Å². The van der Waals surface area contributed by atoms with E-state index < -0.39 is 12.0 Å². The molecule has 1 atom stereocenters. The minimum absolute atomic E-state index is 0.256. The Morgan fingerprint density at radius 3 is 2.64 bits per heavy atom. The lowest BCUT2D eigenvalue weighted by Gasteiger charge is -2.21. The maximum atomic E-state index is 11.6. The maximum absolute atomic E-state index is 11.6. The first-order valence-electron chi connectivity index (χ1n) is 7.05. The van der Waals surface area contributed by atoms with E-state index in [9.17, 15) is 14.4 Å². The van der Waals surface area contributed by atoms with Gasteiger partial charge in [-0.15, -0.1) is 0 Å². The average molecular weight is 324 g/mol. The number of carbonyl (C=O) groups is 3. The third-order valence-electron chi connectivity index (χ3n) is 2.84. The zero-order valence-electron chi connectivity index (χ0n) is 12.8. The summed E-state index contributed by atoms with van der Waals surface area (Å²) < 4.78 is 7.67. The standard InChI is InChI=1S/C13H14N2O4S.C2H6/c1-19-13(18)8-4-2-3-5-10(8)20-15-9-6-7-11(16)14-12(9)17;1-2/h2-5,9,15H,6-7H2,1H3,(H,14,16,17);1-2H3. The molecule has 1 aliphatic rings. The van der Waals surface area contributed by atoms with E-state index in [4.69, 9.17) is 4.74 Å². The molecule has 0 bridgehead atoms. The van der Waals surface area contributed by atoms with Crippen LogP contribution in [0.3, 0.4) is 0 Å². The second-order valence-electron chi connectivity index (χ2n) is 4.21. The van der Waals surface area contributed by atoms with E-state index in [1.807, 2.05) is 13.8 Å². The van der Waals surface area contributed by atoms with Crippen LogP contribution in [0.5, 0.6) is 0 Å². The molecule has 1 heterocycles. The summed E-state index contributed by atoms with van der Waals surface area (Å²) in [5.74, 6) is -1.03. The van der Waals surface area contributed by atoms with Gasteiger partial charge in [-0.1, -0.05) is 26.0 Å². The third-order valence-corrected chi connectivity index (χ3v) is 3.82. The van der Waals surface area contributed by atoms with Crippen molar-refractivity contribution in [2.24, 2.45) is 0 Å². The second kappa shape index (κ2) is 9.22. The average Bonchev–Trinajstić information content (AvgIpc) is 2.55. The number of piperidine rings is 1. The molecule has 1 unspecified atom stereocenters. The summed E-state index contributed by atoms with van der Waals surface area (Å²) in [6.45, 7) is 4.00. The molecule has 120 valence electrons. The van der Waals surface area contributed by atoms with Gasteiger partial charge in [0.05, 0.1) is 18.7 Å². The molecule has 1 aromatic carbocycles. The zero-order chi connectivity index (χ0) is 16.5. The molecule has 7 heteroatoms. The van der Waals surface area contributed by atoms with Crippen LogP contribution in [0.15, 0.2) is 29.2 Å². The number of esters is 1. The lowest BCUT2D eigenvalue weighted by Crippen LogP contribution is -2.48. The number of benzene rings is 1. The monoisotopic (exact) mass is 324 g/mol. The molecule has 2 amide bonds. The highest BCUT2D eigenvalue weighted by Crippen LogP contribution is 2.22. The van der Waals surface area contributed by atoms with E-state index in [-0.39, 0.29) is 11.8 Å². The van der Waals surface area contributed by atoms with E-state index in [1.165, 1.54) is 19.1 Å². The van der Waals surface area contributed by atoms with Crippen LogP contribution in [0.4, 0.5) is 0 Å². The highest BCUT2D eigenvalue weighted by atomic mass is 32.2. The Bertz CT molecular complexity index is 548. The Morgan fingerprint density at radius 2 is 2.00 bits per heavy atom. The van der Waals surface area contributed by atoms with Gasteiger partial charge in [0.2, 0.25) is 11.8 Å². The molecule has 22 heavy (non-hydrogen) atoms. The number of carbonyl (C=O) groups excluding carboxylic acids is 3. The first-order chi connectivity index (χ1) is 10.6. The molecular formula is C15H20N2O4S. The van der Waals surface area contributed by atoms with Crippen molar-refractivity contribution in [2.75, 3.05) is 7.11 Å². The van der Waals surface area contributed by atoms with Crippen LogP contribution >= 0.6 is 11.9 Å². The highest BCUT2D eigenvalue weighted by Gasteiger charge is 2.26. The summed E-state index contributed by atoms with van der Waals surface area (Å²) in [6, 6.07) is 6.49. The van der Waals surface area contributed by atoms with Crippen molar-refractivity contribution in [3.8, 4) is 0 Å². The van der Waals surface area contributed by atoms with Crippen molar-refractivity contribution < 1.29 is 19.1 Å². The van der Waals surface area contributed by atoms with Crippen LogP contribution in [0.1, 0.15) is 37.0 Å². The minimum atomic E-state index is -0.455. The molecule has 2 N–H and O–H groups in total. The predicted molar refractivity (Wildman–Crippen MR) is 84.3 cm³/mol. The number of hydrogen-bond donors (Lipinski definition) is 2. The third kappa shape index (κ3) is 4.85. The van der Waals surface area contributed by atoms with Gasteiger partial charge < -0.3 is 4.74 Å². The Morgan fingerprint density at radius 1 is 1.32 bits per heavy atom. The molecule has 0 radical (unpaired) electrons. The summed E-state index contributed by atoms with van der Waals surface area (Å²) >= 11 is 1.18. The molecule has 1 aromatic rings. The van der Waals surface area contributed by atoms with Crippen molar-refractivity contribution in [3.63, 3.8) is 0 Å². The van der Waals surface area contributed by atoms with Gasteiger partial charge in [0.25, 0.3) is 0 Å². The smallest absolute Gasteiger partial charge is 0.339 e. The van der Waals surface area contributed by atoms with Crippen LogP contribution in [0, 0.1) is 0 Å². The lowest BCUT2D eigenvalue weighted by molar-refractivity contribution is -0.134. The maximum Gasteiger partial charge on any atom is 0.339 e. The predicted octanol–water partition coefficient (Wildman–Crippen LogP) is 1.90. The lowest BCUT2D eigenvalue weighted by atomic mass is 10.1. The van der Waals surface area contributed by atoms with E-state index in [0.717, 1.165) is 0 Å². The largest absolute Gasteiger partial charge is 0.465 e. The van der Waals surface area contributed by atoms with E-state index in [0.29, 0.717) is 23.3 Å². The molecule has 2 rings (SSSR count). The summed E-state index contributed by atoms with van der Waals surface area (Å²) in [5, 5.41) is 2.27. The number of amides is 2. The minimum Gasteiger partial charge on any atom is -0.465 e. The van der Waals surface area contributed by atoms with Crippen LogP contribution in [0.25, 0.3) is 0 Å². The van der Waals surface area contributed by atoms with Gasteiger partial charge in [-0.05, 0) is 30.5 Å². The van der Waals surface area contributed by atoms with Crippen LogP contribution in [-0.2, 0) is 14.3 Å². The number of ether oxygens (including phenoxy) is 1. The fourth-order valence-electron chi connectivity index (χ4n) is 1.77. The molecule has 0 saturated carbocycles. The summed E-state index contributed by atoms with van der Waals surface area (Å²) in [7, 11) is 1.32. The summed E-state index contributed by atoms with van der Waals surface area (Å²) in [4.78, 5) is 34.9. The zero-order valence-corrected chi connectivity index (χ0v) is 13.7. The Balaban J connectivity index is 0.00000116. The fraction of sp³-hybridized carbons (Fsp3) is 0.400. The molecule has 6 nitrogen and oxygen atoms in total. The van der Waals surface area contributed by atoms with Gasteiger partial charge in [0.15, 0.2) is 0 Å². The number of imide groups is 1. The van der Waals surface area contributed by atoms with Crippen molar-refractivity contribution in [1.29, 1.82) is 0 Å². The molecular weight excluding hydrogens is 304 g/mol. The van der Waals surface area contributed by atoms with Crippen molar-refractivity contribution >= 4 is 29.7 Å². The van der Waals surface area contributed by atoms with Crippen LogP contribution in [0.2, 0.25) is 0 Å². The normalized spacial score (nSPS) is 17.1. The summed E-state index contributed by atoms with van der Waals surface area (Å²) in [5.41, 5.74) is 0.430. The van der Waals surface area contributed by atoms with Gasteiger partial charge in [-0.3, -0.25) is 14.9 Å². The van der Waals surface area contributed by atoms with E-state index in [1.54, 1.807) is 24.3 Å². The molecule has 0 aromatic heterocycles. The molecule has 1 aliphatic heterocycles. The Kier molecular flexibility index (Phi) is 7.62. The summed E-state index contributed by atoms with van der Waals surface area (Å²) in [6.07, 6.45) is 0.751. The highest BCUT2D eigenvalue weighted by molar-refractivity contribution is 7.97. The number of methoxy groups -OCH3 is 1. The van der Waals surface area contributed by atoms with Crippen molar-refractivity contribution in [1.82, 2.24) is 10.0 Å². The number of rotatable bonds is 4. The van der Waals surface area contributed by atoms with Crippen LogP contribution < -0.4 is 10.0 Å².